The molecule has 9 heteroatoms. The Labute approximate surface area is 151 Å². The predicted molar refractivity (Wildman–Crippen MR) is 96.1 cm³/mol. The first-order valence-corrected chi connectivity index (χ1v) is 9.65. The van der Waals surface area contributed by atoms with E-state index in [1.807, 2.05) is 12.1 Å². The van der Waals surface area contributed by atoms with Crippen LogP contribution in [0.5, 0.6) is 5.75 Å². The van der Waals surface area contributed by atoms with Crippen LogP contribution in [0.4, 0.5) is 0 Å². The van der Waals surface area contributed by atoms with E-state index in [9.17, 15) is 9.36 Å². The molecule has 0 amide bonds. The van der Waals surface area contributed by atoms with E-state index in [-0.39, 0.29) is 30.3 Å². The topological polar surface area (TPSA) is 79.7 Å². The molecular formula is C16H20ClN2O5P. The van der Waals surface area contributed by atoms with E-state index >= 15 is 0 Å². The van der Waals surface area contributed by atoms with Gasteiger partial charge in [-0.2, -0.15) is 0 Å². The third kappa shape index (κ3) is 4.70. The van der Waals surface area contributed by atoms with Crippen LogP contribution in [0.3, 0.4) is 0 Å². The van der Waals surface area contributed by atoms with Crippen molar-refractivity contribution in [2.24, 2.45) is 0 Å². The number of benzene rings is 1. The van der Waals surface area contributed by atoms with E-state index < -0.39 is 13.2 Å². The Morgan fingerprint density at radius 2 is 1.76 bits per heavy atom. The molecule has 0 bridgehead atoms. The van der Waals surface area contributed by atoms with E-state index in [1.165, 1.54) is 10.8 Å². The second-order valence-corrected chi connectivity index (χ2v) is 7.32. The summed E-state index contributed by atoms with van der Waals surface area (Å²) in [5.74, 6) is 0.710. The van der Waals surface area contributed by atoms with Crippen LogP contribution in [-0.4, -0.2) is 29.9 Å². The zero-order valence-electron chi connectivity index (χ0n) is 14.3. The van der Waals surface area contributed by atoms with Crippen molar-refractivity contribution in [1.82, 2.24) is 9.55 Å². The highest BCUT2D eigenvalue weighted by Crippen LogP contribution is 2.45. The minimum absolute atomic E-state index is 0.0303. The van der Waals surface area contributed by atoms with E-state index in [2.05, 4.69) is 4.98 Å². The first kappa shape index (κ1) is 19.7. The van der Waals surface area contributed by atoms with Crippen molar-refractivity contribution >= 4 is 24.6 Å². The molecule has 0 saturated carbocycles. The van der Waals surface area contributed by atoms with E-state index in [1.54, 1.807) is 33.1 Å². The predicted octanol–water partition coefficient (Wildman–Crippen LogP) is 2.85. The molecule has 0 spiro atoms. The molecule has 0 aliphatic rings. The van der Waals surface area contributed by atoms with Gasteiger partial charge in [-0.15, -0.1) is 0 Å². The minimum Gasteiger partial charge on any atom is -0.497 e. The smallest absolute Gasteiger partial charge is 0.385 e. The van der Waals surface area contributed by atoms with Crippen LogP contribution >= 0.6 is 19.2 Å². The quantitative estimate of drug-likeness (QED) is 0.649. The van der Waals surface area contributed by atoms with Gasteiger partial charge in [0.15, 0.2) is 0 Å². The Bertz CT molecular complexity index is 812. The molecule has 0 fully saturated rings. The maximum atomic E-state index is 12.9. The molecule has 2 rings (SSSR count). The van der Waals surface area contributed by atoms with Crippen molar-refractivity contribution in [3.63, 3.8) is 0 Å². The zero-order chi connectivity index (χ0) is 18.4. The molecule has 0 saturated heterocycles. The van der Waals surface area contributed by atoms with Crippen molar-refractivity contribution in [1.29, 1.82) is 0 Å². The van der Waals surface area contributed by atoms with E-state index in [0.29, 0.717) is 5.75 Å². The molecule has 1 aromatic carbocycles. The van der Waals surface area contributed by atoms with Gasteiger partial charge in [0.2, 0.25) is 5.44 Å². The Morgan fingerprint density at radius 3 is 2.28 bits per heavy atom. The molecule has 25 heavy (non-hydrogen) atoms. The van der Waals surface area contributed by atoms with Gasteiger partial charge in [0, 0.05) is 6.20 Å². The summed E-state index contributed by atoms with van der Waals surface area (Å²) in [7, 11) is -2.25. The Balaban J connectivity index is 2.44. The second-order valence-electron chi connectivity index (χ2n) is 5.00. The first-order chi connectivity index (χ1) is 11.9. The molecule has 0 atom stereocenters. The minimum atomic E-state index is -3.83. The molecule has 0 aliphatic heterocycles. The Morgan fingerprint density at radius 1 is 1.16 bits per heavy atom. The molecule has 0 radical (unpaired) electrons. The Hall–Kier alpha value is -1.66. The number of ether oxygens (including phenoxy) is 1. The van der Waals surface area contributed by atoms with Crippen molar-refractivity contribution in [3.8, 4) is 5.75 Å². The van der Waals surface area contributed by atoms with Crippen LogP contribution in [0.1, 0.15) is 19.4 Å². The van der Waals surface area contributed by atoms with Gasteiger partial charge in [-0.25, -0.2) is 4.98 Å². The van der Waals surface area contributed by atoms with Gasteiger partial charge < -0.3 is 18.4 Å². The lowest BCUT2D eigenvalue weighted by Gasteiger charge is -2.17. The average molecular weight is 387 g/mol. The fraction of sp³-hybridized carbons (Fsp3) is 0.375. The van der Waals surface area contributed by atoms with Crippen LogP contribution in [0.15, 0.2) is 35.3 Å². The van der Waals surface area contributed by atoms with Gasteiger partial charge in [-0.3, -0.25) is 9.36 Å². The summed E-state index contributed by atoms with van der Waals surface area (Å²) in [6, 6.07) is 7.22. The molecular weight excluding hydrogens is 367 g/mol. The Kier molecular flexibility index (Phi) is 6.79. The van der Waals surface area contributed by atoms with Crippen molar-refractivity contribution in [2.75, 3.05) is 20.3 Å². The highest BCUT2D eigenvalue weighted by atomic mass is 35.5. The van der Waals surface area contributed by atoms with Crippen LogP contribution in [0, 0.1) is 0 Å². The third-order valence-corrected chi connectivity index (χ3v) is 5.49. The summed E-state index contributed by atoms with van der Waals surface area (Å²) in [6.07, 6.45) is 1.39. The van der Waals surface area contributed by atoms with Gasteiger partial charge in [-0.1, -0.05) is 23.7 Å². The van der Waals surface area contributed by atoms with E-state index in [0.717, 1.165) is 5.56 Å². The molecule has 1 aromatic heterocycles. The zero-order valence-corrected chi connectivity index (χ0v) is 15.9. The van der Waals surface area contributed by atoms with Gasteiger partial charge >= 0.3 is 7.60 Å². The molecule has 136 valence electrons. The molecule has 7 nitrogen and oxygen atoms in total. The normalized spacial score (nSPS) is 11.5. The van der Waals surface area contributed by atoms with Crippen LogP contribution < -0.4 is 15.7 Å². The number of hydrogen-bond donors (Lipinski definition) is 0. The molecule has 0 unspecified atom stereocenters. The lowest BCUT2D eigenvalue weighted by molar-refractivity contribution is 0.229. The molecule has 0 N–H and O–H groups in total. The summed E-state index contributed by atoms with van der Waals surface area (Å²) < 4.78 is 29.7. The number of hydrogen-bond acceptors (Lipinski definition) is 6. The van der Waals surface area contributed by atoms with Crippen LogP contribution in [0.25, 0.3) is 0 Å². The maximum absolute atomic E-state index is 12.9. The lowest BCUT2D eigenvalue weighted by atomic mass is 10.2. The van der Waals surface area contributed by atoms with Gasteiger partial charge in [0.25, 0.3) is 5.56 Å². The summed E-state index contributed by atoms with van der Waals surface area (Å²) in [5, 5.41) is 0.0303. The lowest BCUT2D eigenvalue weighted by Crippen LogP contribution is -2.37. The SMILES string of the molecule is CCOP(=O)(OCC)c1nc(Cl)cn(Cc2ccc(OC)cc2)c1=O. The first-order valence-electron chi connectivity index (χ1n) is 7.73. The average Bonchev–Trinajstić information content (AvgIpc) is 2.59. The number of halogens is 1. The largest absolute Gasteiger partial charge is 0.497 e. The number of methoxy groups -OCH3 is 1. The van der Waals surface area contributed by atoms with Gasteiger partial charge in [0.05, 0.1) is 26.9 Å². The second kappa shape index (κ2) is 8.63. The summed E-state index contributed by atoms with van der Waals surface area (Å²) in [6.45, 7) is 3.78. The highest BCUT2D eigenvalue weighted by molar-refractivity contribution is 7.61. The third-order valence-electron chi connectivity index (χ3n) is 3.30. The number of aromatic nitrogens is 2. The standard InChI is InChI=1S/C16H20ClN2O5P/c1-4-23-25(21,24-5-2)15-16(20)19(11-14(17)18-15)10-12-6-8-13(22-3)9-7-12/h6-9,11H,4-5,10H2,1-3H3. The van der Waals surface area contributed by atoms with Crippen LogP contribution in [0.2, 0.25) is 5.15 Å². The molecule has 0 aliphatic carbocycles. The summed E-state index contributed by atoms with van der Waals surface area (Å²) >= 11 is 6.02. The molecule has 1 heterocycles. The summed E-state index contributed by atoms with van der Waals surface area (Å²) in [4.78, 5) is 16.6. The maximum Gasteiger partial charge on any atom is 0.385 e. The van der Waals surface area contributed by atoms with Crippen molar-refractivity contribution in [2.45, 2.75) is 20.4 Å². The van der Waals surface area contributed by atoms with E-state index in [4.69, 9.17) is 25.4 Å². The van der Waals surface area contributed by atoms with Crippen molar-refractivity contribution in [3.05, 3.63) is 51.5 Å². The highest BCUT2D eigenvalue weighted by Gasteiger charge is 2.33. The summed E-state index contributed by atoms with van der Waals surface area (Å²) in [5.41, 5.74) is -0.0265. The fourth-order valence-electron chi connectivity index (χ4n) is 2.22. The van der Waals surface area contributed by atoms with Gasteiger partial charge in [0.1, 0.15) is 10.9 Å². The molecule has 2 aromatic rings. The van der Waals surface area contributed by atoms with Gasteiger partial charge in [-0.05, 0) is 31.5 Å². The van der Waals surface area contributed by atoms with Crippen molar-refractivity contribution < 1.29 is 18.3 Å². The fourth-order valence-corrected chi connectivity index (χ4v) is 4.07. The van der Waals surface area contributed by atoms with Crippen LogP contribution in [-0.2, 0) is 20.2 Å². The number of nitrogens with zero attached hydrogens (tertiary/aromatic N) is 2. The number of rotatable bonds is 8. The monoisotopic (exact) mass is 386 g/mol.